The molecule has 2 amide bonds. The second-order valence-corrected chi connectivity index (χ2v) is 7.82. The molecule has 5 nitrogen and oxygen atoms in total. The minimum absolute atomic E-state index is 0.0685. The van der Waals surface area contributed by atoms with Crippen LogP contribution in [0.1, 0.15) is 42.5 Å². The Hall–Kier alpha value is -1.82. The van der Waals surface area contributed by atoms with Gasteiger partial charge in [-0.25, -0.2) is 4.98 Å². The number of nitrogens with one attached hydrogen (secondary N) is 1. The van der Waals surface area contributed by atoms with Gasteiger partial charge in [-0.05, 0) is 56.4 Å². The van der Waals surface area contributed by atoms with Crippen LogP contribution in [0.2, 0.25) is 0 Å². The molecule has 1 fully saturated rings. The smallest absolute Gasteiger partial charge is 0.256 e. The summed E-state index contributed by atoms with van der Waals surface area (Å²) >= 11 is 1.50. The number of aromatic nitrogens is 1. The first-order valence-corrected chi connectivity index (χ1v) is 10.6. The number of likely N-dealkylation sites (tertiary alicyclic amines) is 1. The van der Waals surface area contributed by atoms with E-state index in [1.807, 2.05) is 23.3 Å². The predicted octanol–water partition coefficient (Wildman–Crippen LogP) is 3.13. The number of carbonyl (C=O) groups is 2. The van der Waals surface area contributed by atoms with Crippen molar-refractivity contribution in [3.8, 4) is 0 Å². The summed E-state index contributed by atoms with van der Waals surface area (Å²) in [4.78, 5) is 31.2. The Labute approximate surface area is 159 Å². The van der Waals surface area contributed by atoms with E-state index in [2.05, 4.69) is 22.5 Å². The molecule has 6 heteroatoms. The molecule has 0 spiro atoms. The molecule has 1 unspecified atom stereocenters. The molecule has 0 saturated carbocycles. The van der Waals surface area contributed by atoms with Gasteiger partial charge < -0.3 is 10.2 Å². The van der Waals surface area contributed by atoms with Gasteiger partial charge in [0.15, 0.2) is 0 Å². The number of allylic oxidation sites excluding steroid dienone is 2. The third-order valence-corrected chi connectivity index (χ3v) is 6.01. The number of hydrogen-bond donors (Lipinski definition) is 1. The fourth-order valence-electron chi connectivity index (χ4n) is 3.65. The molecular formula is C20H27N3O2S. The first kappa shape index (κ1) is 19.0. The van der Waals surface area contributed by atoms with Gasteiger partial charge in [-0.2, -0.15) is 0 Å². The van der Waals surface area contributed by atoms with Crippen LogP contribution in [0.4, 0.5) is 0 Å². The molecule has 0 radical (unpaired) electrons. The number of rotatable bonds is 5. The van der Waals surface area contributed by atoms with E-state index >= 15 is 0 Å². The van der Waals surface area contributed by atoms with E-state index in [-0.39, 0.29) is 17.7 Å². The summed E-state index contributed by atoms with van der Waals surface area (Å²) in [5.41, 5.74) is 0.692. The third-order valence-electron chi connectivity index (χ3n) is 5.30. The van der Waals surface area contributed by atoms with E-state index in [4.69, 9.17) is 0 Å². The Morgan fingerprint density at radius 3 is 2.77 bits per heavy atom. The van der Waals surface area contributed by atoms with Crippen molar-refractivity contribution in [3.05, 3.63) is 36.0 Å². The molecule has 1 N–H and O–H groups in total. The molecule has 140 valence electrons. The normalized spacial score (nSPS) is 20.8. The Morgan fingerprint density at radius 2 is 2.08 bits per heavy atom. The van der Waals surface area contributed by atoms with Crippen molar-refractivity contribution in [2.45, 2.75) is 37.1 Å². The zero-order valence-electron chi connectivity index (χ0n) is 15.3. The Balaban J connectivity index is 1.46. The van der Waals surface area contributed by atoms with Crippen molar-refractivity contribution in [1.82, 2.24) is 15.2 Å². The van der Waals surface area contributed by atoms with E-state index in [9.17, 15) is 9.59 Å². The molecule has 1 atom stereocenters. The highest BCUT2D eigenvalue weighted by molar-refractivity contribution is 7.98. The molecule has 2 aliphatic rings. The lowest BCUT2D eigenvalue weighted by Gasteiger charge is -2.32. The molecule has 2 heterocycles. The summed E-state index contributed by atoms with van der Waals surface area (Å²) in [6.07, 6.45) is 12.6. The highest BCUT2D eigenvalue weighted by Crippen LogP contribution is 2.23. The predicted molar refractivity (Wildman–Crippen MR) is 104 cm³/mol. The maximum absolute atomic E-state index is 12.8. The number of amides is 2. The third kappa shape index (κ3) is 4.67. The molecule has 1 aromatic rings. The Bertz CT molecular complexity index is 669. The zero-order chi connectivity index (χ0) is 18.4. The summed E-state index contributed by atoms with van der Waals surface area (Å²) in [5.74, 6) is 0.847. The topological polar surface area (TPSA) is 62.3 Å². The summed E-state index contributed by atoms with van der Waals surface area (Å²) in [6.45, 7) is 2.21. The molecule has 26 heavy (non-hydrogen) atoms. The minimum atomic E-state index is 0.0685. The lowest BCUT2D eigenvalue weighted by molar-refractivity contribution is -0.125. The molecule has 0 bridgehead atoms. The Kier molecular flexibility index (Phi) is 6.72. The molecule has 1 saturated heterocycles. The summed E-state index contributed by atoms with van der Waals surface area (Å²) in [6, 6.07) is 3.67. The lowest BCUT2D eigenvalue weighted by Crippen LogP contribution is -2.42. The largest absolute Gasteiger partial charge is 0.356 e. The maximum atomic E-state index is 12.8. The highest BCUT2D eigenvalue weighted by Gasteiger charge is 2.26. The fraction of sp³-hybridized carbons (Fsp3) is 0.550. The molecule has 1 aliphatic heterocycles. The lowest BCUT2D eigenvalue weighted by atomic mass is 9.92. The monoisotopic (exact) mass is 373 g/mol. The van der Waals surface area contributed by atoms with Gasteiger partial charge >= 0.3 is 0 Å². The van der Waals surface area contributed by atoms with Crippen molar-refractivity contribution in [2.75, 3.05) is 25.9 Å². The zero-order valence-corrected chi connectivity index (χ0v) is 16.1. The second kappa shape index (κ2) is 9.21. The van der Waals surface area contributed by atoms with Gasteiger partial charge in [-0.3, -0.25) is 9.59 Å². The molecule has 1 aromatic heterocycles. The number of thioether (sulfide) groups is 1. The summed E-state index contributed by atoms with van der Waals surface area (Å²) < 4.78 is 0. The van der Waals surface area contributed by atoms with Crippen LogP contribution in [0.25, 0.3) is 0 Å². The van der Waals surface area contributed by atoms with Crippen LogP contribution in [-0.4, -0.2) is 47.6 Å². The van der Waals surface area contributed by atoms with Crippen molar-refractivity contribution in [2.24, 2.45) is 11.8 Å². The van der Waals surface area contributed by atoms with Crippen LogP contribution in [0.5, 0.6) is 0 Å². The highest BCUT2D eigenvalue weighted by atomic mass is 32.2. The van der Waals surface area contributed by atoms with Crippen LogP contribution in [0, 0.1) is 11.8 Å². The molecular weight excluding hydrogens is 346 g/mol. The first-order valence-electron chi connectivity index (χ1n) is 9.40. The molecule has 0 aromatic carbocycles. The minimum Gasteiger partial charge on any atom is -0.356 e. The van der Waals surface area contributed by atoms with Crippen molar-refractivity contribution in [3.63, 3.8) is 0 Å². The van der Waals surface area contributed by atoms with Gasteiger partial charge in [0.2, 0.25) is 5.91 Å². The number of piperidine rings is 1. The average molecular weight is 374 g/mol. The van der Waals surface area contributed by atoms with Crippen molar-refractivity contribution < 1.29 is 9.59 Å². The standard InChI is InChI=1S/C20H27N3O2S/c1-26-19-17(8-5-11-21-19)20(25)23-12-9-15(10-13-23)14-22-18(24)16-6-3-2-4-7-16/h2-3,5,8,11,15-16H,4,6-7,9-10,12-14H2,1H3,(H,22,24). The molecule has 1 aliphatic carbocycles. The van der Waals surface area contributed by atoms with E-state index in [0.29, 0.717) is 11.5 Å². The van der Waals surface area contributed by atoms with Crippen molar-refractivity contribution in [1.29, 1.82) is 0 Å². The quantitative estimate of drug-likeness (QED) is 0.636. The number of carbonyl (C=O) groups excluding carboxylic acids is 2. The van der Waals surface area contributed by atoms with E-state index in [0.717, 1.165) is 56.8 Å². The maximum Gasteiger partial charge on any atom is 0.256 e. The number of pyridine rings is 1. The van der Waals surface area contributed by atoms with Crippen LogP contribution in [0.3, 0.4) is 0 Å². The van der Waals surface area contributed by atoms with Gasteiger partial charge in [0.25, 0.3) is 5.91 Å². The number of nitrogens with zero attached hydrogens (tertiary/aromatic N) is 2. The van der Waals surface area contributed by atoms with E-state index in [1.165, 1.54) is 11.8 Å². The second-order valence-electron chi connectivity index (χ2n) is 7.02. The van der Waals surface area contributed by atoms with Crippen LogP contribution in [-0.2, 0) is 4.79 Å². The van der Waals surface area contributed by atoms with Crippen LogP contribution in [0.15, 0.2) is 35.5 Å². The van der Waals surface area contributed by atoms with E-state index in [1.54, 1.807) is 6.20 Å². The van der Waals surface area contributed by atoms with Gasteiger partial charge in [-0.15, -0.1) is 11.8 Å². The number of hydrogen-bond acceptors (Lipinski definition) is 4. The van der Waals surface area contributed by atoms with Crippen LogP contribution >= 0.6 is 11.8 Å². The van der Waals surface area contributed by atoms with Crippen molar-refractivity contribution >= 4 is 23.6 Å². The van der Waals surface area contributed by atoms with Gasteiger partial charge in [0.05, 0.1) is 5.56 Å². The van der Waals surface area contributed by atoms with Gasteiger partial charge in [0, 0.05) is 31.7 Å². The van der Waals surface area contributed by atoms with Gasteiger partial charge in [0.1, 0.15) is 5.03 Å². The Morgan fingerprint density at radius 1 is 1.27 bits per heavy atom. The van der Waals surface area contributed by atoms with Crippen LogP contribution < -0.4 is 5.32 Å². The first-order chi connectivity index (χ1) is 12.7. The summed E-state index contributed by atoms with van der Waals surface area (Å²) in [7, 11) is 0. The SMILES string of the molecule is CSc1ncccc1C(=O)N1CCC(CNC(=O)C2CC=CCC2)CC1. The average Bonchev–Trinajstić information content (AvgIpc) is 2.72. The molecule has 3 rings (SSSR count). The fourth-order valence-corrected chi connectivity index (χ4v) is 4.19. The van der Waals surface area contributed by atoms with E-state index < -0.39 is 0 Å². The summed E-state index contributed by atoms with van der Waals surface area (Å²) in [5, 5.41) is 3.91. The van der Waals surface area contributed by atoms with Gasteiger partial charge in [-0.1, -0.05) is 12.2 Å².